The summed E-state index contributed by atoms with van der Waals surface area (Å²) in [4.78, 5) is 0. The predicted molar refractivity (Wildman–Crippen MR) is 75.0 cm³/mol. The van der Waals surface area contributed by atoms with Gasteiger partial charge in [0.1, 0.15) is 0 Å². The molecule has 1 aromatic carbocycles. The Morgan fingerprint density at radius 3 is 2.75 bits per heavy atom. The van der Waals surface area contributed by atoms with E-state index in [0.717, 1.165) is 5.69 Å². The van der Waals surface area contributed by atoms with Crippen molar-refractivity contribution in [2.45, 2.75) is 19.8 Å². The van der Waals surface area contributed by atoms with Crippen LogP contribution in [-0.4, -0.2) is 11.7 Å². The van der Waals surface area contributed by atoms with Gasteiger partial charge in [-0.3, -0.25) is 0 Å². The first-order chi connectivity index (χ1) is 7.65. The summed E-state index contributed by atoms with van der Waals surface area (Å²) in [5.41, 5.74) is 2.34. The molecule has 2 N–H and O–H groups in total. The van der Waals surface area contributed by atoms with Crippen molar-refractivity contribution < 1.29 is 0 Å². The molecule has 0 saturated carbocycles. The van der Waals surface area contributed by atoms with Gasteiger partial charge in [0.2, 0.25) is 0 Å². The summed E-state index contributed by atoms with van der Waals surface area (Å²) < 4.78 is 0. The van der Waals surface area contributed by atoms with Gasteiger partial charge in [-0.15, -0.1) is 6.58 Å². The van der Waals surface area contributed by atoms with E-state index in [-0.39, 0.29) is 0 Å². The number of rotatable bonds is 4. The topological polar surface area (TPSA) is 24.1 Å². The molecule has 16 heavy (non-hydrogen) atoms. The maximum absolute atomic E-state index is 5.18. The molecule has 0 fully saturated rings. The highest BCUT2D eigenvalue weighted by Gasteiger charge is 2.06. The number of thiocarbonyl (C=S) groups is 1. The summed E-state index contributed by atoms with van der Waals surface area (Å²) in [5, 5.41) is 6.88. The van der Waals surface area contributed by atoms with Gasteiger partial charge in [0.15, 0.2) is 5.11 Å². The SMILES string of the molecule is C=CCNC(=S)Nc1ccccc1C(C)C. The molecule has 2 nitrogen and oxygen atoms in total. The van der Waals surface area contributed by atoms with Crippen molar-refractivity contribution in [2.24, 2.45) is 0 Å². The molecule has 0 bridgehead atoms. The molecular weight excluding hydrogens is 216 g/mol. The van der Waals surface area contributed by atoms with Gasteiger partial charge in [-0.05, 0) is 29.8 Å². The summed E-state index contributed by atoms with van der Waals surface area (Å²) in [6.07, 6.45) is 1.78. The lowest BCUT2D eigenvalue weighted by molar-refractivity contribution is 0.869. The second kappa shape index (κ2) is 6.28. The van der Waals surface area contributed by atoms with Crippen molar-refractivity contribution in [3.63, 3.8) is 0 Å². The number of hydrogen-bond acceptors (Lipinski definition) is 1. The van der Waals surface area contributed by atoms with Crippen LogP contribution in [-0.2, 0) is 0 Å². The second-order valence-corrected chi connectivity index (χ2v) is 4.27. The number of anilines is 1. The lowest BCUT2D eigenvalue weighted by Crippen LogP contribution is -2.28. The molecule has 0 aliphatic rings. The van der Waals surface area contributed by atoms with Gasteiger partial charge in [-0.2, -0.15) is 0 Å². The van der Waals surface area contributed by atoms with Crippen molar-refractivity contribution >= 4 is 23.0 Å². The van der Waals surface area contributed by atoms with Gasteiger partial charge in [0.05, 0.1) is 0 Å². The minimum atomic E-state index is 0.478. The van der Waals surface area contributed by atoms with E-state index in [9.17, 15) is 0 Å². The lowest BCUT2D eigenvalue weighted by atomic mass is 10.0. The lowest BCUT2D eigenvalue weighted by Gasteiger charge is -2.15. The number of hydrogen-bond donors (Lipinski definition) is 2. The molecule has 0 spiro atoms. The Kier molecular flexibility index (Phi) is 4.99. The fourth-order valence-electron chi connectivity index (χ4n) is 1.45. The minimum Gasteiger partial charge on any atom is -0.359 e. The number of para-hydroxylation sites is 1. The molecule has 0 amide bonds. The average Bonchev–Trinajstić information content (AvgIpc) is 2.27. The van der Waals surface area contributed by atoms with Crippen LogP contribution in [0.25, 0.3) is 0 Å². The zero-order chi connectivity index (χ0) is 12.0. The molecular formula is C13H18N2S. The van der Waals surface area contributed by atoms with E-state index in [1.165, 1.54) is 5.56 Å². The van der Waals surface area contributed by atoms with Crippen molar-refractivity contribution in [3.8, 4) is 0 Å². The molecule has 0 radical (unpaired) electrons. The highest BCUT2D eigenvalue weighted by Crippen LogP contribution is 2.23. The molecule has 0 saturated heterocycles. The molecule has 1 rings (SSSR count). The van der Waals surface area contributed by atoms with Crippen LogP contribution >= 0.6 is 12.2 Å². The normalized spacial score (nSPS) is 9.94. The Hall–Kier alpha value is -1.35. The summed E-state index contributed by atoms with van der Waals surface area (Å²) >= 11 is 5.18. The van der Waals surface area contributed by atoms with Crippen LogP contribution in [0.3, 0.4) is 0 Å². The molecule has 1 aromatic rings. The Morgan fingerprint density at radius 2 is 2.12 bits per heavy atom. The Balaban J connectivity index is 2.72. The van der Waals surface area contributed by atoms with Crippen LogP contribution < -0.4 is 10.6 Å². The summed E-state index contributed by atoms with van der Waals surface area (Å²) in [7, 11) is 0. The zero-order valence-corrected chi connectivity index (χ0v) is 10.6. The molecule has 3 heteroatoms. The maximum Gasteiger partial charge on any atom is 0.171 e. The zero-order valence-electron chi connectivity index (χ0n) is 9.79. The highest BCUT2D eigenvalue weighted by molar-refractivity contribution is 7.80. The first-order valence-electron chi connectivity index (χ1n) is 5.39. The monoisotopic (exact) mass is 234 g/mol. The van der Waals surface area contributed by atoms with Crippen LogP contribution in [0.4, 0.5) is 5.69 Å². The molecule has 0 aliphatic heterocycles. The standard InChI is InChI=1S/C13H18N2S/c1-4-9-14-13(16)15-12-8-6-5-7-11(12)10(2)3/h4-8,10H,1,9H2,2-3H3,(H2,14,15,16). The molecule has 0 heterocycles. The average molecular weight is 234 g/mol. The fraction of sp³-hybridized carbons (Fsp3) is 0.308. The minimum absolute atomic E-state index is 0.478. The van der Waals surface area contributed by atoms with E-state index in [0.29, 0.717) is 17.6 Å². The quantitative estimate of drug-likeness (QED) is 0.617. The van der Waals surface area contributed by atoms with Crippen molar-refractivity contribution in [1.29, 1.82) is 0 Å². The van der Waals surface area contributed by atoms with E-state index >= 15 is 0 Å². The summed E-state index contributed by atoms with van der Waals surface area (Å²) in [5.74, 6) is 0.478. The van der Waals surface area contributed by atoms with E-state index in [2.05, 4.69) is 37.1 Å². The Morgan fingerprint density at radius 1 is 1.44 bits per heavy atom. The molecule has 0 atom stereocenters. The van der Waals surface area contributed by atoms with E-state index in [4.69, 9.17) is 12.2 Å². The third-order valence-electron chi connectivity index (χ3n) is 2.24. The molecule has 86 valence electrons. The van der Waals surface area contributed by atoms with E-state index in [1.54, 1.807) is 6.08 Å². The molecule has 0 aromatic heterocycles. The van der Waals surface area contributed by atoms with E-state index < -0.39 is 0 Å². The molecule has 0 aliphatic carbocycles. The predicted octanol–water partition coefficient (Wildman–Crippen LogP) is 3.28. The summed E-state index contributed by atoms with van der Waals surface area (Å²) in [6.45, 7) is 8.65. The van der Waals surface area contributed by atoms with Crippen molar-refractivity contribution in [1.82, 2.24) is 5.32 Å². The number of benzene rings is 1. The first kappa shape index (κ1) is 12.7. The van der Waals surface area contributed by atoms with Crippen molar-refractivity contribution in [3.05, 3.63) is 42.5 Å². The van der Waals surface area contributed by atoms with Gasteiger partial charge in [-0.1, -0.05) is 38.1 Å². The van der Waals surface area contributed by atoms with Crippen LogP contribution in [0.2, 0.25) is 0 Å². The van der Waals surface area contributed by atoms with Crippen LogP contribution in [0.15, 0.2) is 36.9 Å². The van der Waals surface area contributed by atoms with Crippen LogP contribution in [0, 0.1) is 0 Å². The van der Waals surface area contributed by atoms with Gasteiger partial charge >= 0.3 is 0 Å². The third kappa shape index (κ3) is 3.66. The second-order valence-electron chi connectivity index (χ2n) is 3.87. The largest absolute Gasteiger partial charge is 0.359 e. The third-order valence-corrected chi connectivity index (χ3v) is 2.48. The van der Waals surface area contributed by atoms with Crippen LogP contribution in [0.5, 0.6) is 0 Å². The Labute approximate surface area is 103 Å². The first-order valence-corrected chi connectivity index (χ1v) is 5.80. The summed E-state index contributed by atoms with van der Waals surface area (Å²) in [6, 6.07) is 8.20. The smallest absolute Gasteiger partial charge is 0.171 e. The highest BCUT2D eigenvalue weighted by atomic mass is 32.1. The maximum atomic E-state index is 5.18. The van der Waals surface area contributed by atoms with Gasteiger partial charge in [0, 0.05) is 12.2 Å². The van der Waals surface area contributed by atoms with Crippen molar-refractivity contribution in [2.75, 3.05) is 11.9 Å². The van der Waals surface area contributed by atoms with Gasteiger partial charge in [0.25, 0.3) is 0 Å². The fourth-order valence-corrected chi connectivity index (χ4v) is 1.64. The van der Waals surface area contributed by atoms with Crippen LogP contribution in [0.1, 0.15) is 25.3 Å². The Bertz CT molecular complexity index is 372. The number of nitrogens with one attached hydrogen (secondary N) is 2. The molecule has 0 unspecified atom stereocenters. The van der Waals surface area contributed by atoms with E-state index in [1.807, 2.05) is 18.2 Å². The van der Waals surface area contributed by atoms with Gasteiger partial charge in [-0.25, -0.2) is 0 Å². The van der Waals surface area contributed by atoms with Gasteiger partial charge < -0.3 is 10.6 Å².